The minimum absolute atomic E-state index is 0.442. The summed E-state index contributed by atoms with van der Waals surface area (Å²) in [4.78, 5) is 0. The molecule has 0 saturated heterocycles. The van der Waals surface area contributed by atoms with Crippen molar-refractivity contribution in [2.24, 2.45) is 0 Å². The highest BCUT2D eigenvalue weighted by Crippen LogP contribution is 2.19. The van der Waals surface area contributed by atoms with E-state index in [2.05, 4.69) is 18.3 Å². The molecule has 1 unspecified atom stereocenters. The molecule has 1 atom stereocenters. The van der Waals surface area contributed by atoms with Crippen LogP contribution in [0.2, 0.25) is 0 Å². The van der Waals surface area contributed by atoms with Crippen LogP contribution in [0.5, 0.6) is 5.75 Å². The van der Waals surface area contributed by atoms with E-state index in [1.807, 2.05) is 18.2 Å². The van der Waals surface area contributed by atoms with Crippen molar-refractivity contribution in [2.45, 2.75) is 19.5 Å². The van der Waals surface area contributed by atoms with Crippen LogP contribution >= 0.6 is 0 Å². The minimum Gasteiger partial charge on any atom is -0.492 e. The molecule has 0 spiro atoms. The summed E-state index contributed by atoms with van der Waals surface area (Å²) in [7, 11) is 0. The van der Waals surface area contributed by atoms with Crippen molar-refractivity contribution in [2.75, 3.05) is 6.61 Å². The van der Waals surface area contributed by atoms with Crippen molar-refractivity contribution in [3.8, 4) is 5.75 Å². The van der Waals surface area contributed by atoms with E-state index >= 15 is 0 Å². The van der Waals surface area contributed by atoms with Gasteiger partial charge >= 0.3 is 0 Å². The Morgan fingerprint density at radius 1 is 1.42 bits per heavy atom. The van der Waals surface area contributed by atoms with Crippen LogP contribution in [-0.2, 0) is 6.54 Å². The first-order valence-electron chi connectivity index (χ1n) is 4.30. The predicted molar refractivity (Wildman–Crippen MR) is 48.2 cm³/mol. The quantitative estimate of drug-likeness (QED) is 0.626. The maximum Gasteiger partial charge on any atom is 0.123 e. The van der Waals surface area contributed by atoms with Crippen molar-refractivity contribution in [1.29, 1.82) is 0 Å². The van der Waals surface area contributed by atoms with Crippen LogP contribution in [0.3, 0.4) is 0 Å². The summed E-state index contributed by atoms with van der Waals surface area (Å²) in [6, 6.07) is 8.61. The molecule has 64 valence electrons. The third-order valence-electron chi connectivity index (χ3n) is 2.10. The topological polar surface area (TPSA) is 21.3 Å². The van der Waals surface area contributed by atoms with Gasteiger partial charge in [0.25, 0.3) is 0 Å². The molecule has 1 aliphatic heterocycles. The van der Waals surface area contributed by atoms with E-state index in [4.69, 9.17) is 4.74 Å². The van der Waals surface area contributed by atoms with Gasteiger partial charge in [0.2, 0.25) is 0 Å². The molecule has 1 aromatic rings. The highest BCUT2D eigenvalue weighted by atomic mass is 16.5. The summed E-state index contributed by atoms with van der Waals surface area (Å²) >= 11 is 0. The fourth-order valence-corrected chi connectivity index (χ4v) is 1.35. The second kappa shape index (κ2) is 3.15. The van der Waals surface area contributed by atoms with Crippen molar-refractivity contribution < 1.29 is 4.74 Å². The Balaban J connectivity index is 2.26. The molecule has 0 aromatic heterocycles. The van der Waals surface area contributed by atoms with Gasteiger partial charge < -0.3 is 10.1 Å². The van der Waals surface area contributed by atoms with E-state index in [0.29, 0.717) is 6.04 Å². The average molecular weight is 163 g/mol. The summed E-state index contributed by atoms with van der Waals surface area (Å²) in [5.74, 6) is 1.02. The van der Waals surface area contributed by atoms with Crippen LogP contribution in [0.4, 0.5) is 0 Å². The summed E-state index contributed by atoms with van der Waals surface area (Å²) in [5.41, 5.74) is 1.25. The van der Waals surface area contributed by atoms with Gasteiger partial charge in [0.05, 0.1) is 0 Å². The first-order valence-corrected chi connectivity index (χ1v) is 4.30. The first kappa shape index (κ1) is 7.62. The lowest BCUT2D eigenvalue weighted by Gasteiger charge is -2.07. The van der Waals surface area contributed by atoms with Gasteiger partial charge in [-0.3, -0.25) is 0 Å². The van der Waals surface area contributed by atoms with Crippen LogP contribution in [0.1, 0.15) is 12.5 Å². The van der Waals surface area contributed by atoms with E-state index < -0.39 is 0 Å². The van der Waals surface area contributed by atoms with E-state index in [-0.39, 0.29) is 0 Å². The van der Waals surface area contributed by atoms with E-state index in [1.165, 1.54) is 5.56 Å². The van der Waals surface area contributed by atoms with Crippen LogP contribution in [0.15, 0.2) is 24.3 Å². The Hall–Kier alpha value is -1.02. The third-order valence-corrected chi connectivity index (χ3v) is 2.10. The molecule has 2 nitrogen and oxygen atoms in total. The van der Waals surface area contributed by atoms with Gasteiger partial charge in [-0.25, -0.2) is 0 Å². The van der Waals surface area contributed by atoms with E-state index in [9.17, 15) is 0 Å². The van der Waals surface area contributed by atoms with Crippen molar-refractivity contribution in [1.82, 2.24) is 5.32 Å². The van der Waals surface area contributed by atoms with Gasteiger partial charge in [-0.2, -0.15) is 0 Å². The number of hydrogen-bond acceptors (Lipinski definition) is 2. The monoisotopic (exact) mass is 163 g/mol. The first-order chi connectivity index (χ1) is 5.86. The average Bonchev–Trinajstić information content (AvgIpc) is 2.29. The van der Waals surface area contributed by atoms with Gasteiger partial charge in [-0.15, -0.1) is 0 Å². The Kier molecular flexibility index (Phi) is 2.00. The normalized spacial score (nSPS) is 22.2. The molecule has 2 rings (SSSR count). The summed E-state index contributed by atoms with van der Waals surface area (Å²) in [6.45, 7) is 3.81. The summed E-state index contributed by atoms with van der Waals surface area (Å²) in [5, 5.41) is 3.38. The van der Waals surface area contributed by atoms with Crippen molar-refractivity contribution >= 4 is 0 Å². The molecule has 1 N–H and O–H groups in total. The SMILES string of the molecule is CC1COc2ccccc2CN1. The number of nitrogens with one attached hydrogen (secondary N) is 1. The molecule has 1 aromatic carbocycles. The number of hydrogen-bond donors (Lipinski definition) is 1. The molecule has 0 saturated carbocycles. The predicted octanol–water partition coefficient (Wildman–Crippen LogP) is 1.56. The lowest BCUT2D eigenvalue weighted by Crippen LogP contribution is -2.28. The van der Waals surface area contributed by atoms with Crippen LogP contribution < -0.4 is 10.1 Å². The number of fused-ring (bicyclic) bond motifs is 1. The van der Waals surface area contributed by atoms with Crippen molar-refractivity contribution in [3.63, 3.8) is 0 Å². The maximum absolute atomic E-state index is 5.60. The second-order valence-electron chi connectivity index (χ2n) is 3.20. The molecular weight excluding hydrogens is 150 g/mol. The van der Waals surface area contributed by atoms with Gasteiger partial charge in [-0.1, -0.05) is 18.2 Å². The Labute approximate surface area is 72.5 Å². The molecule has 0 amide bonds. The van der Waals surface area contributed by atoms with E-state index in [1.54, 1.807) is 0 Å². The van der Waals surface area contributed by atoms with E-state index in [0.717, 1.165) is 18.9 Å². The molecule has 0 aliphatic carbocycles. The second-order valence-corrected chi connectivity index (χ2v) is 3.20. The molecule has 0 bridgehead atoms. The number of rotatable bonds is 0. The minimum atomic E-state index is 0.442. The van der Waals surface area contributed by atoms with Gasteiger partial charge in [0.15, 0.2) is 0 Å². The Morgan fingerprint density at radius 2 is 2.25 bits per heavy atom. The number of para-hydroxylation sites is 1. The van der Waals surface area contributed by atoms with Crippen LogP contribution in [-0.4, -0.2) is 12.6 Å². The zero-order valence-corrected chi connectivity index (χ0v) is 7.21. The van der Waals surface area contributed by atoms with Gasteiger partial charge in [0.1, 0.15) is 12.4 Å². The highest BCUT2D eigenvalue weighted by Gasteiger charge is 2.11. The summed E-state index contributed by atoms with van der Waals surface area (Å²) < 4.78 is 5.60. The lowest BCUT2D eigenvalue weighted by molar-refractivity contribution is 0.287. The summed E-state index contributed by atoms with van der Waals surface area (Å²) in [6.07, 6.45) is 0. The molecule has 1 aliphatic rings. The standard InChI is InChI=1S/C10H13NO/c1-8-7-12-10-5-3-2-4-9(10)6-11-8/h2-5,8,11H,6-7H2,1H3. The maximum atomic E-state index is 5.60. The molecule has 0 radical (unpaired) electrons. The fourth-order valence-electron chi connectivity index (χ4n) is 1.35. The number of benzene rings is 1. The third kappa shape index (κ3) is 1.43. The van der Waals surface area contributed by atoms with Crippen LogP contribution in [0, 0.1) is 0 Å². The van der Waals surface area contributed by atoms with Gasteiger partial charge in [0, 0.05) is 18.2 Å². The molecule has 2 heteroatoms. The van der Waals surface area contributed by atoms with Crippen LogP contribution in [0.25, 0.3) is 0 Å². The largest absolute Gasteiger partial charge is 0.492 e. The van der Waals surface area contributed by atoms with Crippen molar-refractivity contribution in [3.05, 3.63) is 29.8 Å². The Morgan fingerprint density at radius 3 is 3.17 bits per heavy atom. The molecule has 1 heterocycles. The highest BCUT2D eigenvalue weighted by molar-refractivity contribution is 5.33. The lowest BCUT2D eigenvalue weighted by atomic mass is 10.2. The molecule has 0 fully saturated rings. The number of ether oxygens (including phenoxy) is 1. The smallest absolute Gasteiger partial charge is 0.123 e. The van der Waals surface area contributed by atoms with Gasteiger partial charge in [-0.05, 0) is 13.0 Å². The fraction of sp³-hybridized carbons (Fsp3) is 0.400. The zero-order chi connectivity index (χ0) is 8.39. The molecule has 12 heavy (non-hydrogen) atoms. The zero-order valence-electron chi connectivity index (χ0n) is 7.21. The molecular formula is C10H13NO. The Bertz CT molecular complexity index is 245.